The molecule has 2 aromatic rings. The average Bonchev–Trinajstić information content (AvgIpc) is 2.67. The van der Waals surface area contributed by atoms with Gasteiger partial charge in [0.1, 0.15) is 5.82 Å². The van der Waals surface area contributed by atoms with Crippen LogP contribution >= 0.6 is 35.3 Å². The predicted octanol–water partition coefficient (Wildman–Crippen LogP) is 4.01. The lowest BCUT2D eigenvalue weighted by atomic mass is 10.1. The number of halogens is 3. The molecule has 0 bridgehead atoms. The summed E-state index contributed by atoms with van der Waals surface area (Å²) >= 11 is 7.31. The van der Waals surface area contributed by atoms with Gasteiger partial charge < -0.3 is 5.73 Å². The minimum Gasteiger partial charge on any atom is -0.320 e. The van der Waals surface area contributed by atoms with E-state index in [0.29, 0.717) is 10.6 Å². The molecule has 1 atom stereocenters. The van der Waals surface area contributed by atoms with Crippen molar-refractivity contribution < 1.29 is 4.39 Å². The number of hydrogen-bond acceptors (Lipinski definition) is 2. The van der Waals surface area contributed by atoms with Crippen molar-refractivity contribution in [2.45, 2.75) is 6.04 Å². The molecule has 2 rings (SSSR count). The smallest absolute Gasteiger partial charge is 0.125 e. The molecule has 0 aliphatic heterocycles. The Balaban J connectivity index is 0.00000128. The topological polar surface area (TPSA) is 26.0 Å². The summed E-state index contributed by atoms with van der Waals surface area (Å²) in [6.45, 7) is 0. The zero-order chi connectivity index (χ0) is 10.8. The molecule has 1 aromatic heterocycles. The second kappa shape index (κ2) is 5.64. The minimum absolute atomic E-state index is 0. The first-order chi connectivity index (χ1) is 7.16. The number of benzene rings is 1. The maximum Gasteiger partial charge on any atom is 0.125 e. The van der Waals surface area contributed by atoms with E-state index in [9.17, 15) is 4.39 Å². The highest BCUT2D eigenvalue weighted by atomic mass is 35.5. The third-order valence-electron chi connectivity index (χ3n) is 2.09. The van der Waals surface area contributed by atoms with Gasteiger partial charge in [0, 0.05) is 9.90 Å². The fraction of sp³-hybridized carbons (Fsp3) is 0.0909. The summed E-state index contributed by atoms with van der Waals surface area (Å²) in [7, 11) is 0. The molecule has 1 aromatic carbocycles. The third-order valence-corrected chi connectivity index (χ3v) is 3.27. The fourth-order valence-corrected chi connectivity index (χ4v) is 2.37. The molecule has 0 aliphatic carbocycles. The monoisotopic (exact) mass is 277 g/mol. The van der Waals surface area contributed by atoms with Crippen LogP contribution in [0.3, 0.4) is 0 Å². The van der Waals surface area contributed by atoms with Gasteiger partial charge in [-0.15, -0.1) is 23.7 Å². The second-order valence-electron chi connectivity index (χ2n) is 3.20. The Morgan fingerprint density at radius 1 is 1.31 bits per heavy atom. The summed E-state index contributed by atoms with van der Waals surface area (Å²) in [5, 5.41) is 2.31. The van der Waals surface area contributed by atoms with Gasteiger partial charge in [-0.25, -0.2) is 4.39 Å². The first-order valence-corrected chi connectivity index (χ1v) is 5.67. The molecular weight excluding hydrogens is 268 g/mol. The third kappa shape index (κ3) is 2.95. The Hall–Kier alpha value is -0.610. The fourth-order valence-electron chi connectivity index (χ4n) is 1.39. The van der Waals surface area contributed by atoms with E-state index in [2.05, 4.69) is 0 Å². The summed E-state index contributed by atoms with van der Waals surface area (Å²) in [4.78, 5) is 0.997. The molecule has 0 saturated heterocycles. The van der Waals surface area contributed by atoms with Crippen LogP contribution < -0.4 is 5.73 Å². The zero-order valence-corrected chi connectivity index (χ0v) is 10.6. The molecule has 1 nitrogen and oxygen atoms in total. The molecule has 0 aliphatic rings. The predicted molar refractivity (Wildman–Crippen MR) is 69.0 cm³/mol. The maximum atomic E-state index is 13.1. The summed E-state index contributed by atoms with van der Waals surface area (Å²) < 4.78 is 13.1. The van der Waals surface area contributed by atoms with E-state index in [0.717, 1.165) is 4.88 Å². The van der Waals surface area contributed by atoms with Crippen molar-refractivity contribution in [2.75, 3.05) is 0 Å². The van der Waals surface area contributed by atoms with E-state index in [-0.39, 0.29) is 24.3 Å². The molecule has 86 valence electrons. The van der Waals surface area contributed by atoms with Gasteiger partial charge >= 0.3 is 0 Å². The minimum atomic E-state index is -0.357. The van der Waals surface area contributed by atoms with Crippen molar-refractivity contribution >= 4 is 35.3 Å². The van der Waals surface area contributed by atoms with Crippen LogP contribution in [0, 0.1) is 5.82 Å². The summed E-state index contributed by atoms with van der Waals surface area (Å²) in [6.07, 6.45) is 0. The van der Waals surface area contributed by atoms with Crippen molar-refractivity contribution in [2.24, 2.45) is 5.73 Å². The standard InChI is InChI=1S/C11H9ClFNS.ClH/c12-8-4-7(5-9(13)6-8)11(14)10-2-1-3-15-10;/h1-6,11H,14H2;1H/t11-;/m1./s1. The molecule has 0 fully saturated rings. The van der Waals surface area contributed by atoms with Gasteiger partial charge in [-0.1, -0.05) is 17.7 Å². The van der Waals surface area contributed by atoms with Crippen LogP contribution in [0.5, 0.6) is 0 Å². The molecule has 1 heterocycles. The lowest BCUT2D eigenvalue weighted by Crippen LogP contribution is -2.10. The van der Waals surface area contributed by atoms with Crippen LogP contribution in [-0.4, -0.2) is 0 Å². The molecule has 16 heavy (non-hydrogen) atoms. The molecule has 0 spiro atoms. The van der Waals surface area contributed by atoms with Crippen molar-refractivity contribution in [3.8, 4) is 0 Å². The molecule has 0 radical (unpaired) electrons. The first-order valence-electron chi connectivity index (χ1n) is 4.42. The van der Waals surface area contributed by atoms with Gasteiger partial charge in [-0.2, -0.15) is 0 Å². The van der Waals surface area contributed by atoms with Crippen LogP contribution in [0.4, 0.5) is 4.39 Å². The van der Waals surface area contributed by atoms with Crippen LogP contribution in [0.25, 0.3) is 0 Å². The lowest BCUT2D eigenvalue weighted by Gasteiger charge is -2.10. The van der Waals surface area contributed by atoms with E-state index in [4.69, 9.17) is 17.3 Å². The summed E-state index contributed by atoms with van der Waals surface area (Å²) in [5.41, 5.74) is 6.68. The number of nitrogens with two attached hydrogens (primary N) is 1. The largest absolute Gasteiger partial charge is 0.320 e. The van der Waals surface area contributed by atoms with Gasteiger partial charge in [0.05, 0.1) is 6.04 Å². The van der Waals surface area contributed by atoms with Crippen molar-refractivity contribution in [1.29, 1.82) is 0 Å². The summed E-state index contributed by atoms with van der Waals surface area (Å²) in [6, 6.07) is 7.91. The Labute approximate surface area is 108 Å². The maximum absolute atomic E-state index is 13.1. The highest BCUT2D eigenvalue weighted by Gasteiger charge is 2.11. The van der Waals surface area contributed by atoms with Gasteiger partial charge in [0.2, 0.25) is 0 Å². The first kappa shape index (κ1) is 13.5. The lowest BCUT2D eigenvalue weighted by molar-refractivity contribution is 0.624. The van der Waals surface area contributed by atoms with E-state index in [1.807, 2.05) is 17.5 Å². The van der Waals surface area contributed by atoms with Crippen molar-refractivity contribution in [3.05, 3.63) is 57.0 Å². The normalized spacial score (nSPS) is 11.9. The number of rotatable bonds is 2. The van der Waals surface area contributed by atoms with Gasteiger partial charge in [-0.3, -0.25) is 0 Å². The Morgan fingerprint density at radius 3 is 2.62 bits per heavy atom. The number of hydrogen-bond donors (Lipinski definition) is 1. The Morgan fingerprint density at radius 2 is 2.06 bits per heavy atom. The zero-order valence-electron chi connectivity index (χ0n) is 8.19. The average molecular weight is 278 g/mol. The van der Waals surface area contributed by atoms with E-state index in [1.54, 1.807) is 17.4 Å². The second-order valence-corrected chi connectivity index (χ2v) is 4.61. The van der Waals surface area contributed by atoms with E-state index in [1.165, 1.54) is 12.1 Å². The van der Waals surface area contributed by atoms with Crippen LogP contribution in [0.1, 0.15) is 16.5 Å². The van der Waals surface area contributed by atoms with Gasteiger partial charge in [-0.05, 0) is 35.2 Å². The van der Waals surface area contributed by atoms with Crippen molar-refractivity contribution in [1.82, 2.24) is 0 Å². The quantitative estimate of drug-likeness (QED) is 0.882. The SMILES string of the molecule is Cl.N[C@H](c1cc(F)cc(Cl)c1)c1cccs1. The summed E-state index contributed by atoms with van der Waals surface area (Å²) in [5.74, 6) is -0.357. The van der Waals surface area contributed by atoms with Crippen LogP contribution in [0.2, 0.25) is 5.02 Å². The van der Waals surface area contributed by atoms with Gasteiger partial charge in [0.15, 0.2) is 0 Å². The van der Waals surface area contributed by atoms with Crippen LogP contribution in [-0.2, 0) is 0 Å². The molecule has 2 N–H and O–H groups in total. The van der Waals surface area contributed by atoms with E-state index < -0.39 is 0 Å². The molecule has 0 saturated carbocycles. The van der Waals surface area contributed by atoms with E-state index >= 15 is 0 Å². The Bertz CT molecular complexity index is 439. The van der Waals surface area contributed by atoms with Crippen LogP contribution in [0.15, 0.2) is 35.7 Å². The highest BCUT2D eigenvalue weighted by Crippen LogP contribution is 2.26. The molecule has 5 heteroatoms. The molecular formula is C11H10Cl2FNS. The number of thiophene rings is 1. The molecule has 0 unspecified atom stereocenters. The molecule has 0 amide bonds. The van der Waals surface area contributed by atoms with Crippen molar-refractivity contribution in [3.63, 3.8) is 0 Å². The van der Waals surface area contributed by atoms with Gasteiger partial charge in [0.25, 0.3) is 0 Å². The highest BCUT2D eigenvalue weighted by molar-refractivity contribution is 7.10. The Kier molecular flexibility index (Phi) is 4.74.